The summed E-state index contributed by atoms with van der Waals surface area (Å²) in [6.45, 7) is 5.63. The summed E-state index contributed by atoms with van der Waals surface area (Å²) in [6.07, 6.45) is -1.01. The number of non-ortho nitro benzene ring substituents is 1. The monoisotopic (exact) mass is 482 g/mol. The summed E-state index contributed by atoms with van der Waals surface area (Å²) in [5.74, 6) is 1.05. The highest BCUT2D eigenvalue weighted by atomic mass is 35.5. The summed E-state index contributed by atoms with van der Waals surface area (Å²) in [6, 6.07) is 4.26. The maximum Gasteiger partial charge on any atom is 0.416 e. The lowest BCUT2D eigenvalue weighted by atomic mass is 10.1. The fourth-order valence-corrected chi connectivity index (χ4v) is 3.65. The first kappa shape index (κ1) is 24.4. The lowest BCUT2D eigenvalue weighted by Gasteiger charge is -2.17. The van der Waals surface area contributed by atoms with Crippen molar-refractivity contribution in [2.45, 2.75) is 39.4 Å². The van der Waals surface area contributed by atoms with Gasteiger partial charge in [-0.2, -0.15) is 13.2 Å². The predicted octanol–water partition coefficient (Wildman–Crippen LogP) is 5.84. The number of nitro benzene ring substituents is 1. The van der Waals surface area contributed by atoms with Gasteiger partial charge in [0.15, 0.2) is 0 Å². The van der Waals surface area contributed by atoms with E-state index in [1.807, 2.05) is 13.8 Å². The quantitative estimate of drug-likeness (QED) is 0.277. The Morgan fingerprint density at radius 1 is 1.15 bits per heavy atom. The smallest absolute Gasteiger partial charge is 0.365 e. The first-order valence-electron chi connectivity index (χ1n) is 10.4. The van der Waals surface area contributed by atoms with E-state index in [9.17, 15) is 23.3 Å². The molecule has 3 aromatic rings. The molecule has 1 N–H and O–H groups in total. The molecule has 1 aromatic carbocycles. The summed E-state index contributed by atoms with van der Waals surface area (Å²) in [5, 5.41) is 14.5. The molecular formula is C21H22ClF3N6O2. The van der Waals surface area contributed by atoms with Crippen LogP contribution in [-0.2, 0) is 12.7 Å². The second-order valence-corrected chi connectivity index (χ2v) is 7.43. The Kier molecular flexibility index (Phi) is 7.52. The fraction of sp³-hybridized carbons (Fsp3) is 0.381. The number of nitro groups is 1. The molecule has 33 heavy (non-hydrogen) atoms. The summed E-state index contributed by atoms with van der Waals surface area (Å²) in [7, 11) is 0. The number of fused-ring (bicyclic) bond motifs is 1. The first-order chi connectivity index (χ1) is 15.7. The van der Waals surface area contributed by atoms with E-state index in [1.165, 1.54) is 0 Å². The van der Waals surface area contributed by atoms with Gasteiger partial charge in [-0.3, -0.25) is 10.1 Å². The maximum atomic E-state index is 13.1. The van der Waals surface area contributed by atoms with Crippen molar-refractivity contribution in [2.24, 2.45) is 0 Å². The molecule has 12 heteroatoms. The predicted molar refractivity (Wildman–Crippen MR) is 121 cm³/mol. The van der Waals surface area contributed by atoms with Crippen LogP contribution in [0.4, 0.5) is 30.5 Å². The largest absolute Gasteiger partial charge is 0.416 e. The highest BCUT2D eigenvalue weighted by Gasteiger charge is 2.32. The minimum Gasteiger partial charge on any atom is -0.365 e. The van der Waals surface area contributed by atoms with Gasteiger partial charge < -0.3 is 10.2 Å². The number of hydrogen-bond acceptors (Lipinski definition) is 7. The van der Waals surface area contributed by atoms with Gasteiger partial charge in [-0.15, -0.1) is 0 Å². The normalized spacial score (nSPS) is 13.6. The summed E-state index contributed by atoms with van der Waals surface area (Å²) < 4.78 is 39.4. The van der Waals surface area contributed by atoms with Gasteiger partial charge in [0.25, 0.3) is 5.69 Å². The van der Waals surface area contributed by atoms with E-state index in [-0.39, 0.29) is 17.4 Å². The number of halogens is 4. The first-order valence-corrected chi connectivity index (χ1v) is 10.8. The van der Waals surface area contributed by atoms with Crippen LogP contribution in [0.25, 0.3) is 10.9 Å². The third kappa shape index (κ3) is 5.78. The number of rotatable bonds is 5. The van der Waals surface area contributed by atoms with Crippen LogP contribution in [0.1, 0.15) is 37.8 Å². The van der Waals surface area contributed by atoms with Gasteiger partial charge in [0.1, 0.15) is 11.6 Å². The third-order valence-electron chi connectivity index (χ3n) is 4.95. The molecule has 1 fully saturated rings. The number of nitrogens with one attached hydrogen (secondary N) is 1. The number of hydrogen-bond donors (Lipinski definition) is 1. The maximum absolute atomic E-state index is 13.1. The molecule has 0 spiro atoms. The lowest BCUT2D eigenvalue weighted by molar-refractivity contribution is -0.385. The van der Waals surface area contributed by atoms with Crippen LogP contribution in [0.15, 0.2) is 30.5 Å². The molecule has 0 aliphatic carbocycles. The van der Waals surface area contributed by atoms with Crippen molar-refractivity contribution in [1.29, 1.82) is 0 Å². The minimum atomic E-state index is -4.71. The van der Waals surface area contributed by atoms with Crippen LogP contribution < -0.4 is 10.2 Å². The lowest BCUT2D eigenvalue weighted by Crippen LogP contribution is -2.18. The van der Waals surface area contributed by atoms with Crippen LogP contribution in [0.3, 0.4) is 0 Å². The van der Waals surface area contributed by atoms with Crippen LogP contribution >= 0.6 is 11.6 Å². The molecule has 0 unspecified atom stereocenters. The molecule has 0 atom stereocenters. The van der Waals surface area contributed by atoms with E-state index in [0.29, 0.717) is 22.8 Å². The molecule has 1 aliphatic rings. The number of anilines is 2. The van der Waals surface area contributed by atoms with E-state index < -0.39 is 22.4 Å². The zero-order valence-electron chi connectivity index (χ0n) is 18.0. The van der Waals surface area contributed by atoms with Crippen molar-refractivity contribution in [1.82, 2.24) is 15.0 Å². The van der Waals surface area contributed by atoms with E-state index in [1.54, 1.807) is 12.3 Å². The average molecular weight is 483 g/mol. The molecule has 0 amide bonds. The molecule has 0 radical (unpaired) electrons. The van der Waals surface area contributed by atoms with Crippen molar-refractivity contribution in [2.75, 3.05) is 23.3 Å². The molecule has 1 saturated heterocycles. The van der Waals surface area contributed by atoms with Gasteiger partial charge in [-0.05, 0) is 42.1 Å². The summed E-state index contributed by atoms with van der Waals surface area (Å²) in [5.41, 5.74) is -1.18. The Hall–Kier alpha value is -3.21. The summed E-state index contributed by atoms with van der Waals surface area (Å²) >= 11 is 5.99. The SMILES string of the molecule is CC.O=[N+]([O-])c1cc(CNc2nc(Cl)nc3cnc(N4CCCC4)cc23)cc(C(F)(F)F)c1. The highest BCUT2D eigenvalue weighted by molar-refractivity contribution is 6.28. The second kappa shape index (κ2) is 10.2. The Morgan fingerprint density at radius 2 is 1.85 bits per heavy atom. The second-order valence-electron chi connectivity index (χ2n) is 7.09. The molecule has 2 aromatic heterocycles. The van der Waals surface area contributed by atoms with Crippen molar-refractivity contribution in [3.63, 3.8) is 0 Å². The molecule has 176 valence electrons. The average Bonchev–Trinajstić information content (AvgIpc) is 3.32. The molecule has 3 heterocycles. The van der Waals surface area contributed by atoms with Gasteiger partial charge in [0.05, 0.1) is 22.2 Å². The number of aromatic nitrogens is 3. The van der Waals surface area contributed by atoms with Crippen LogP contribution in [0.5, 0.6) is 0 Å². The zero-order valence-corrected chi connectivity index (χ0v) is 18.7. The Bertz CT molecular complexity index is 1150. The topological polar surface area (TPSA) is 97.1 Å². The van der Waals surface area contributed by atoms with Gasteiger partial charge in [-0.1, -0.05) is 13.8 Å². The Labute approximate surface area is 193 Å². The number of benzene rings is 1. The number of pyridine rings is 1. The standard InChI is InChI=1S/C19H16ClF3N6O2.C2H6/c20-18-26-15-10-24-16(28-3-1-2-4-28)8-14(15)17(27-18)25-9-11-5-12(19(21,22)23)7-13(6-11)29(30)31;1-2/h5-8,10H,1-4,9H2,(H,25,26,27);1-2H3. The molecule has 0 bridgehead atoms. The van der Waals surface area contributed by atoms with Crippen LogP contribution in [0, 0.1) is 10.1 Å². The van der Waals surface area contributed by atoms with E-state index in [4.69, 9.17) is 11.6 Å². The molecular weight excluding hydrogens is 461 g/mol. The van der Waals surface area contributed by atoms with Gasteiger partial charge in [0.2, 0.25) is 5.28 Å². The van der Waals surface area contributed by atoms with Crippen molar-refractivity contribution in [3.05, 3.63) is 57.0 Å². The minimum absolute atomic E-state index is 0.0549. The molecule has 0 saturated carbocycles. The molecule has 1 aliphatic heterocycles. The Morgan fingerprint density at radius 3 is 2.48 bits per heavy atom. The van der Waals surface area contributed by atoms with E-state index in [2.05, 4.69) is 25.2 Å². The van der Waals surface area contributed by atoms with Crippen LogP contribution in [0.2, 0.25) is 5.28 Å². The molecule has 8 nitrogen and oxygen atoms in total. The molecule has 4 rings (SSSR count). The summed E-state index contributed by atoms with van der Waals surface area (Å²) in [4.78, 5) is 25.0. The Balaban J connectivity index is 0.00000149. The van der Waals surface area contributed by atoms with E-state index in [0.717, 1.165) is 43.9 Å². The fourth-order valence-electron chi connectivity index (χ4n) is 3.48. The third-order valence-corrected chi connectivity index (χ3v) is 5.12. The van der Waals surface area contributed by atoms with Crippen molar-refractivity contribution in [3.8, 4) is 0 Å². The highest BCUT2D eigenvalue weighted by Crippen LogP contribution is 2.33. The van der Waals surface area contributed by atoms with Crippen molar-refractivity contribution >= 4 is 39.8 Å². The zero-order chi connectivity index (χ0) is 24.2. The van der Waals surface area contributed by atoms with Crippen molar-refractivity contribution < 1.29 is 18.1 Å². The van der Waals surface area contributed by atoms with Gasteiger partial charge in [-0.25, -0.2) is 15.0 Å². The number of nitrogens with zero attached hydrogens (tertiary/aromatic N) is 5. The van der Waals surface area contributed by atoms with Crippen LogP contribution in [-0.4, -0.2) is 33.0 Å². The van der Waals surface area contributed by atoms with Gasteiger partial charge >= 0.3 is 6.18 Å². The number of alkyl halides is 3. The van der Waals surface area contributed by atoms with E-state index >= 15 is 0 Å². The van der Waals surface area contributed by atoms with Gasteiger partial charge in [0, 0.05) is 37.2 Å².